The number of carbonyl (C=O) groups is 1. The van der Waals surface area contributed by atoms with Gasteiger partial charge in [-0.1, -0.05) is 6.07 Å². The van der Waals surface area contributed by atoms with Gasteiger partial charge in [0.05, 0.1) is 10.4 Å². The van der Waals surface area contributed by atoms with Crippen LogP contribution in [0.3, 0.4) is 0 Å². The summed E-state index contributed by atoms with van der Waals surface area (Å²) < 4.78 is 49.9. The zero-order chi connectivity index (χ0) is 13.9. The molecule has 1 aromatic carbocycles. The maximum Gasteiger partial charge on any atom is 0.287 e. The highest BCUT2D eigenvalue weighted by Gasteiger charge is 2.25. The lowest BCUT2D eigenvalue weighted by Crippen LogP contribution is -2.38. The number of rotatable bonds is 4. The smallest absolute Gasteiger partial charge is 0.287 e. The molecule has 1 amide bonds. The molecule has 7 heteroatoms. The van der Waals surface area contributed by atoms with E-state index in [1.54, 1.807) is 0 Å². The predicted octanol–water partition coefficient (Wildman–Crippen LogP) is 3.37. The van der Waals surface area contributed by atoms with Crippen molar-refractivity contribution in [2.45, 2.75) is 25.6 Å². The van der Waals surface area contributed by atoms with Crippen molar-refractivity contribution in [1.82, 2.24) is 5.32 Å². The molecule has 1 N–H and O–H groups in total. The summed E-state index contributed by atoms with van der Waals surface area (Å²) in [5.41, 5.74) is 0.273. The molecule has 2 nitrogen and oxygen atoms in total. The van der Waals surface area contributed by atoms with Crippen LogP contribution < -0.4 is 5.32 Å². The summed E-state index contributed by atoms with van der Waals surface area (Å²) in [6.07, 6.45) is -6.01. The third-order valence-corrected chi connectivity index (χ3v) is 2.98. The number of hydrogen-bond donors (Lipinski definition) is 1. The van der Waals surface area contributed by atoms with Crippen molar-refractivity contribution in [3.05, 3.63) is 34.1 Å². The van der Waals surface area contributed by atoms with Crippen LogP contribution in [0.15, 0.2) is 22.7 Å². The Hall–Kier alpha value is -1.11. The molecule has 100 valence electrons. The Balaban J connectivity index is 2.77. The minimum absolute atomic E-state index is 0.217. The average Bonchev–Trinajstić information content (AvgIpc) is 2.31. The van der Waals surface area contributed by atoms with Crippen LogP contribution in [0.5, 0.6) is 0 Å². The third-order valence-electron chi connectivity index (χ3n) is 2.34. The van der Waals surface area contributed by atoms with Gasteiger partial charge in [0.1, 0.15) is 5.82 Å². The van der Waals surface area contributed by atoms with E-state index in [4.69, 9.17) is 0 Å². The van der Waals surface area contributed by atoms with Crippen LogP contribution in [0.1, 0.15) is 18.4 Å². The van der Waals surface area contributed by atoms with E-state index in [9.17, 15) is 22.4 Å². The van der Waals surface area contributed by atoms with Gasteiger partial charge >= 0.3 is 0 Å². The van der Waals surface area contributed by atoms with Gasteiger partial charge in [-0.2, -0.15) is 0 Å². The van der Waals surface area contributed by atoms with Crippen molar-refractivity contribution in [2.24, 2.45) is 0 Å². The van der Waals surface area contributed by atoms with Crippen LogP contribution in [0, 0.1) is 5.82 Å². The van der Waals surface area contributed by atoms with Gasteiger partial charge in [0.2, 0.25) is 12.2 Å². The van der Waals surface area contributed by atoms with E-state index in [0.717, 1.165) is 6.07 Å². The van der Waals surface area contributed by atoms with E-state index in [-0.39, 0.29) is 10.0 Å². The normalized spacial score (nSPS) is 14.4. The van der Waals surface area contributed by atoms with Crippen molar-refractivity contribution in [3.63, 3.8) is 0 Å². The summed E-state index contributed by atoms with van der Waals surface area (Å²) in [6.45, 7) is 1.37. The second-order valence-electron chi connectivity index (χ2n) is 3.64. The van der Waals surface area contributed by atoms with Crippen molar-refractivity contribution >= 4 is 21.8 Å². The number of halogens is 5. The zero-order valence-electron chi connectivity index (χ0n) is 9.26. The van der Waals surface area contributed by atoms with Gasteiger partial charge in [-0.15, -0.1) is 0 Å². The van der Waals surface area contributed by atoms with Gasteiger partial charge in [-0.05, 0) is 40.5 Å². The monoisotopic (exact) mass is 327 g/mol. The van der Waals surface area contributed by atoms with Crippen LogP contribution in [0.4, 0.5) is 17.6 Å². The molecule has 0 bridgehead atoms. The minimum atomic E-state index is -3.29. The first-order valence-corrected chi connectivity index (χ1v) is 5.79. The fourth-order valence-corrected chi connectivity index (χ4v) is 1.50. The Labute approximate surface area is 109 Å². The number of carbonyl (C=O) groups excluding carboxylic acids is 1. The molecule has 0 aliphatic rings. The van der Waals surface area contributed by atoms with Gasteiger partial charge in [-0.25, -0.2) is 17.6 Å². The van der Waals surface area contributed by atoms with Crippen molar-refractivity contribution in [3.8, 4) is 0 Å². The molecule has 0 saturated carbocycles. The number of hydrogen-bond acceptors (Lipinski definition) is 1. The Bertz CT molecular complexity index is 441. The molecule has 1 rings (SSSR count). The van der Waals surface area contributed by atoms with Crippen molar-refractivity contribution in [1.29, 1.82) is 0 Å². The first-order chi connectivity index (χ1) is 8.32. The second-order valence-corrected chi connectivity index (χ2v) is 4.49. The number of benzene rings is 1. The quantitative estimate of drug-likeness (QED) is 0.666. The van der Waals surface area contributed by atoms with Crippen molar-refractivity contribution in [2.75, 3.05) is 0 Å². The van der Waals surface area contributed by atoms with Crippen LogP contribution in [0.25, 0.3) is 0 Å². The topological polar surface area (TPSA) is 29.1 Å². The summed E-state index contributed by atoms with van der Waals surface area (Å²) >= 11 is 2.94. The largest absolute Gasteiger partial charge is 0.321 e. The highest BCUT2D eigenvalue weighted by atomic mass is 79.9. The van der Waals surface area contributed by atoms with E-state index in [1.165, 1.54) is 24.4 Å². The lowest BCUT2D eigenvalue weighted by molar-refractivity contribution is -0.126. The summed E-state index contributed by atoms with van der Waals surface area (Å²) in [5, 5.41) is 1.52. The molecule has 0 radical (unpaired) electrons. The van der Waals surface area contributed by atoms with Gasteiger partial charge < -0.3 is 5.32 Å². The number of amides is 1. The lowest BCUT2D eigenvalue weighted by atomic mass is 10.0. The molecule has 0 fully saturated rings. The third kappa shape index (κ3) is 3.69. The molecule has 1 aromatic rings. The summed E-state index contributed by atoms with van der Waals surface area (Å²) in [7, 11) is 0. The van der Waals surface area contributed by atoms with E-state index < -0.39 is 30.4 Å². The fraction of sp³-hybridized carbons (Fsp3) is 0.364. The second kappa shape index (κ2) is 6.17. The maximum atomic E-state index is 13.2. The van der Waals surface area contributed by atoms with Gasteiger partial charge in [0, 0.05) is 0 Å². The standard InChI is InChI=1S/C11H10BrF4NO/c1-5(11(18)17-10(16)9(14)15)6-2-3-7(12)8(13)4-6/h2-5,9-10H,1H3,(H,17,18). The van der Waals surface area contributed by atoms with Gasteiger partial charge in [-0.3, -0.25) is 4.79 Å². The predicted molar refractivity (Wildman–Crippen MR) is 61.6 cm³/mol. The lowest BCUT2D eigenvalue weighted by Gasteiger charge is -2.15. The van der Waals surface area contributed by atoms with Crippen LogP contribution in [-0.4, -0.2) is 18.6 Å². The molecule has 0 heterocycles. The highest BCUT2D eigenvalue weighted by Crippen LogP contribution is 2.22. The molecule has 0 spiro atoms. The Morgan fingerprint density at radius 2 is 1.94 bits per heavy atom. The molecule has 18 heavy (non-hydrogen) atoms. The minimum Gasteiger partial charge on any atom is -0.321 e. The van der Waals surface area contributed by atoms with E-state index >= 15 is 0 Å². The van der Waals surface area contributed by atoms with Gasteiger partial charge in [0.15, 0.2) is 0 Å². The number of nitrogens with one attached hydrogen (secondary N) is 1. The number of alkyl halides is 3. The Morgan fingerprint density at radius 1 is 1.33 bits per heavy atom. The zero-order valence-corrected chi connectivity index (χ0v) is 10.8. The summed E-state index contributed by atoms with van der Waals surface area (Å²) in [6, 6.07) is 3.92. The Kier molecular flexibility index (Phi) is 5.13. The molecule has 0 aromatic heterocycles. The molecule has 2 unspecified atom stereocenters. The molecule has 0 aliphatic carbocycles. The van der Waals surface area contributed by atoms with Gasteiger partial charge in [0.25, 0.3) is 6.43 Å². The van der Waals surface area contributed by atoms with Crippen LogP contribution >= 0.6 is 15.9 Å². The van der Waals surface area contributed by atoms with E-state index in [2.05, 4.69) is 15.9 Å². The molecule has 2 atom stereocenters. The van der Waals surface area contributed by atoms with Crippen LogP contribution in [0.2, 0.25) is 0 Å². The van der Waals surface area contributed by atoms with E-state index in [1.807, 2.05) is 0 Å². The highest BCUT2D eigenvalue weighted by molar-refractivity contribution is 9.10. The molecular weight excluding hydrogens is 318 g/mol. The summed E-state index contributed by atoms with van der Waals surface area (Å²) in [5.74, 6) is -2.44. The Morgan fingerprint density at radius 3 is 2.44 bits per heavy atom. The van der Waals surface area contributed by atoms with E-state index in [0.29, 0.717) is 0 Å². The van der Waals surface area contributed by atoms with Crippen molar-refractivity contribution < 1.29 is 22.4 Å². The SMILES string of the molecule is CC(C(=O)NC(F)C(F)F)c1ccc(Br)c(F)c1. The molecule has 0 aliphatic heterocycles. The first kappa shape index (κ1) is 14.9. The maximum absolute atomic E-state index is 13.2. The van der Waals surface area contributed by atoms with Crippen LogP contribution in [-0.2, 0) is 4.79 Å². The average molecular weight is 328 g/mol. The molecule has 0 saturated heterocycles. The first-order valence-electron chi connectivity index (χ1n) is 5.00. The molecular formula is C11H10BrF4NO. The fourth-order valence-electron chi connectivity index (χ4n) is 1.26. The summed E-state index contributed by atoms with van der Waals surface area (Å²) in [4.78, 5) is 11.4.